The van der Waals surface area contributed by atoms with Crippen LogP contribution >= 0.6 is 0 Å². The summed E-state index contributed by atoms with van der Waals surface area (Å²) in [4.78, 5) is 28.3. The van der Waals surface area contributed by atoms with Gasteiger partial charge >= 0.3 is 0 Å². The molecule has 3 aromatic rings. The number of nitrogens with zero attached hydrogens (tertiary/aromatic N) is 1. The Morgan fingerprint density at radius 1 is 0.944 bits per heavy atom. The molecule has 1 atom stereocenters. The van der Waals surface area contributed by atoms with Gasteiger partial charge in [-0.2, -0.15) is 0 Å². The van der Waals surface area contributed by atoms with E-state index in [1.165, 1.54) is 4.90 Å². The lowest BCUT2D eigenvalue weighted by Crippen LogP contribution is -2.29. The van der Waals surface area contributed by atoms with Gasteiger partial charge in [-0.1, -0.05) is 38.1 Å². The molecule has 1 aliphatic heterocycles. The summed E-state index contributed by atoms with van der Waals surface area (Å²) < 4.78 is 11.1. The third kappa shape index (κ3) is 4.71. The fourth-order valence-electron chi connectivity index (χ4n) is 4.43. The van der Waals surface area contributed by atoms with E-state index in [1.54, 1.807) is 49.6 Å². The summed E-state index contributed by atoms with van der Waals surface area (Å²) in [7, 11) is 1.57. The van der Waals surface area contributed by atoms with Crippen LogP contribution in [-0.4, -0.2) is 30.5 Å². The summed E-state index contributed by atoms with van der Waals surface area (Å²) in [6.45, 7) is 8.47. The number of benzene rings is 3. The predicted molar refractivity (Wildman–Crippen MR) is 140 cm³/mol. The lowest BCUT2D eigenvalue weighted by atomic mass is 9.91. The van der Waals surface area contributed by atoms with Crippen LogP contribution in [-0.2, 0) is 9.59 Å². The number of aliphatic hydroxyl groups is 1. The van der Waals surface area contributed by atoms with E-state index in [9.17, 15) is 14.7 Å². The highest BCUT2D eigenvalue weighted by Crippen LogP contribution is 2.43. The molecular weight excluding hydrogens is 454 g/mol. The topological polar surface area (TPSA) is 76.1 Å². The van der Waals surface area contributed by atoms with Crippen LogP contribution in [0.5, 0.6) is 11.5 Å². The van der Waals surface area contributed by atoms with Gasteiger partial charge in [0, 0.05) is 11.3 Å². The van der Waals surface area contributed by atoms with Crippen molar-refractivity contribution in [2.75, 3.05) is 18.6 Å². The smallest absolute Gasteiger partial charge is 0.300 e. The van der Waals surface area contributed by atoms with E-state index in [0.29, 0.717) is 35.3 Å². The number of amides is 1. The normalized spacial score (nSPS) is 17.1. The maximum absolute atomic E-state index is 13.4. The molecule has 0 radical (unpaired) electrons. The summed E-state index contributed by atoms with van der Waals surface area (Å²) in [5, 5.41) is 11.4. The first-order valence-electron chi connectivity index (χ1n) is 12.0. The second kappa shape index (κ2) is 10.3. The molecule has 3 aromatic carbocycles. The van der Waals surface area contributed by atoms with Gasteiger partial charge in [0.25, 0.3) is 11.7 Å². The van der Waals surface area contributed by atoms with Crippen LogP contribution in [0.2, 0.25) is 0 Å². The van der Waals surface area contributed by atoms with Crippen molar-refractivity contribution < 1.29 is 24.2 Å². The number of carbonyl (C=O) groups excluding carboxylic acids is 2. The average Bonchev–Trinajstić information content (AvgIpc) is 3.13. The van der Waals surface area contributed by atoms with Gasteiger partial charge in [-0.15, -0.1) is 0 Å². The maximum atomic E-state index is 13.4. The average molecular weight is 486 g/mol. The summed E-state index contributed by atoms with van der Waals surface area (Å²) in [6, 6.07) is 19.1. The van der Waals surface area contributed by atoms with Gasteiger partial charge in [-0.25, -0.2) is 0 Å². The number of rotatable bonds is 7. The Labute approximate surface area is 211 Å². The fraction of sp³-hybridized carbons (Fsp3) is 0.267. The minimum atomic E-state index is -0.782. The number of hydrogen-bond acceptors (Lipinski definition) is 5. The van der Waals surface area contributed by atoms with E-state index in [-0.39, 0.29) is 11.3 Å². The number of ether oxygens (including phenoxy) is 2. The first kappa shape index (κ1) is 25.0. The Morgan fingerprint density at radius 3 is 2.22 bits per heavy atom. The van der Waals surface area contributed by atoms with E-state index in [4.69, 9.17) is 9.47 Å². The molecule has 1 unspecified atom stereocenters. The van der Waals surface area contributed by atoms with Crippen molar-refractivity contribution in [3.05, 3.63) is 94.6 Å². The molecule has 6 nitrogen and oxygen atoms in total. The molecule has 1 heterocycles. The number of methoxy groups -OCH3 is 1. The molecule has 1 N–H and O–H groups in total. The van der Waals surface area contributed by atoms with E-state index in [0.717, 1.165) is 16.7 Å². The fourth-order valence-corrected chi connectivity index (χ4v) is 4.43. The molecule has 1 amide bonds. The number of anilines is 1. The van der Waals surface area contributed by atoms with Crippen molar-refractivity contribution in [2.45, 2.75) is 33.7 Å². The summed E-state index contributed by atoms with van der Waals surface area (Å²) in [6.07, 6.45) is 0. The number of ketones is 1. The summed E-state index contributed by atoms with van der Waals surface area (Å²) in [5.74, 6) is 0.0825. The lowest BCUT2D eigenvalue weighted by Gasteiger charge is -2.27. The maximum Gasteiger partial charge on any atom is 0.300 e. The van der Waals surface area contributed by atoms with Crippen molar-refractivity contribution in [1.82, 2.24) is 0 Å². The van der Waals surface area contributed by atoms with Crippen LogP contribution < -0.4 is 14.4 Å². The minimum absolute atomic E-state index is 0.0581. The third-order valence-corrected chi connectivity index (χ3v) is 6.31. The zero-order valence-electron chi connectivity index (χ0n) is 21.2. The van der Waals surface area contributed by atoms with Gasteiger partial charge < -0.3 is 14.6 Å². The molecular formula is C30H31NO5. The molecule has 0 saturated carbocycles. The highest BCUT2D eigenvalue weighted by molar-refractivity contribution is 6.51. The van der Waals surface area contributed by atoms with Gasteiger partial charge in [0.15, 0.2) is 0 Å². The third-order valence-electron chi connectivity index (χ3n) is 6.31. The van der Waals surface area contributed by atoms with Gasteiger partial charge in [0.05, 0.1) is 25.3 Å². The van der Waals surface area contributed by atoms with Gasteiger partial charge in [0.2, 0.25) is 0 Å². The molecule has 36 heavy (non-hydrogen) atoms. The monoisotopic (exact) mass is 485 g/mol. The van der Waals surface area contributed by atoms with Crippen LogP contribution in [0.15, 0.2) is 72.3 Å². The second-order valence-corrected chi connectivity index (χ2v) is 9.41. The van der Waals surface area contributed by atoms with Crippen molar-refractivity contribution in [1.29, 1.82) is 0 Å². The Morgan fingerprint density at radius 2 is 1.61 bits per heavy atom. The lowest BCUT2D eigenvalue weighted by molar-refractivity contribution is -0.132. The first-order valence-corrected chi connectivity index (χ1v) is 12.0. The molecule has 0 bridgehead atoms. The molecule has 4 rings (SSSR count). The molecule has 1 aliphatic rings. The number of Topliss-reactive ketones (excluding diaryl/α,β-unsaturated/α-hetero) is 1. The Kier molecular flexibility index (Phi) is 7.15. The highest BCUT2D eigenvalue weighted by atomic mass is 16.5. The number of aryl methyl sites for hydroxylation is 2. The molecule has 186 valence electrons. The van der Waals surface area contributed by atoms with Crippen LogP contribution in [0, 0.1) is 19.8 Å². The molecule has 1 fully saturated rings. The van der Waals surface area contributed by atoms with Crippen molar-refractivity contribution in [3.8, 4) is 11.5 Å². The molecule has 6 heteroatoms. The highest BCUT2D eigenvalue weighted by Gasteiger charge is 2.47. The standard InChI is InChI=1S/C30H31NO5/c1-18(2)17-36-22-12-10-21(11-13-22)31-27(24-9-7-6-8-19(24)3)26(29(33)30(31)34)28(32)25-15-14-23(35-5)16-20(25)4/h6-16,18,27,32H,17H2,1-5H3/b28-26+. The van der Waals surface area contributed by atoms with Gasteiger partial charge in [0.1, 0.15) is 17.3 Å². The number of carbonyl (C=O) groups is 2. The Bertz CT molecular complexity index is 1320. The number of aliphatic hydroxyl groups excluding tert-OH is 1. The summed E-state index contributed by atoms with van der Waals surface area (Å²) >= 11 is 0. The first-order chi connectivity index (χ1) is 17.2. The van der Waals surface area contributed by atoms with E-state index in [1.807, 2.05) is 38.1 Å². The zero-order valence-corrected chi connectivity index (χ0v) is 21.2. The second-order valence-electron chi connectivity index (χ2n) is 9.41. The van der Waals surface area contributed by atoms with E-state index >= 15 is 0 Å². The quantitative estimate of drug-likeness (QED) is 0.253. The SMILES string of the molecule is COc1ccc(/C(O)=C2\C(=O)C(=O)N(c3ccc(OCC(C)C)cc3)C2c2ccccc2C)c(C)c1. The molecule has 1 saturated heterocycles. The van der Waals surface area contributed by atoms with Crippen molar-refractivity contribution in [3.63, 3.8) is 0 Å². The van der Waals surface area contributed by atoms with Crippen LogP contribution in [0.1, 0.15) is 42.1 Å². The minimum Gasteiger partial charge on any atom is -0.507 e. The Balaban J connectivity index is 1.86. The zero-order chi connectivity index (χ0) is 26.0. The van der Waals surface area contributed by atoms with Crippen LogP contribution in [0.4, 0.5) is 5.69 Å². The van der Waals surface area contributed by atoms with Crippen LogP contribution in [0.3, 0.4) is 0 Å². The predicted octanol–water partition coefficient (Wildman–Crippen LogP) is 5.97. The van der Waals surface area contributed by atoms with Crippen molar-refractivity contribution in [2.24, 2.45) is 5.92 Å². The van der Waals surface area contributed by atoms with Crippen LogP contribution in [0.25, 0.3) is 5.76 Å². The molecule has 0 aliphatic carbocycles. The van der Waals surface area contributed by atoms with E-state index < -0.39 is 17.7 Å². The summed E-state index contributed by atoms with van der Waals surface area (Å²) in [5.41, 5.74) is 3.49. The largest absolute Gasteiger partial charge is 0.507 e. The molecule has 0 aromatic heterocycles. The number of hydrogen-bond donors (Lipinski definition) is 1. The van der Waals surface area contributed by atoms with Gasteiger partial charge in [-0.3, -0.25) is 14.5 Å². The van der Waals surface area contributed by atoms with E-state index in [2.05, 4.69) is 13.8 Å². The van der Waals surface area contributed by atoms with Crippen molar-refractivity contribution >= 4 is 23.1 Å². The molecule has 0 spiro atoms. The van der Waals surface area contributed by atoms with Gasteiger partial charge in [-0.05, 0) is 78.9 Å². The Hall–Kier alpha value is -4.06.